The molecule has 4 heteroatoms. The number of hydrogen-bond donors (Lipinski definition) is 2. The number of nitrogens with one attached hydrogen (secondary N) is 1. The van der Waals surface area contributed by atoms with Gasteiger partial charge in [-0.3, -0.25) is 4.79 Å². The average molecular weight is 169 g/mol. The largest absolute Gasteiger partial charge is 0.479 e. The molecule has 12 heavy (non-hydrogen) atoms. The van der Waals surface area contributed by atoms with Crippen LogP contribution in [0, 0.1) is 5.92 Å². The fraction of sp³-hybridized carbons (Fsp3) is 0.500. The second kappa shape index (κ2) is 2.62. The van der Waals surface area contributed by atoms with Gasteiger partial charge < -0.3 is 10.4 Å². The molecule has 0 aromatic carbocycles. The van der Waals surface area contributed by atoms with E-state index in [1.807, 2.05) is 0 Å². The number of carbonyl (C=O) groups excluding carboxylic acids is 1. The summed E-state index contributed by atoms with van der Waals surface area (Å²) in [4.78, 5) is 21.4. The molecular formula is C8H11NO3. The van der Waals surface area contributed by atoms with Crippen molar-refractivity contribution < 1.29 is 14.7 Å². The van der Waals surface area contributed by atoms with E-state index < -0.39 is 11.5 Å². The second-order valence-corrected chi connectivity index (χ2v) is 3.00. The van der Waals surface area contributed by atoms with Crippen LogP contribution in [0.1, 0.15) is 13.3 Å². The first kappa shape index (κ1) is 8.77. The molecule has 1 saturated carbocycles. The number of amides is 1. The first-order valence-electron chi connectivity index (χ1n) is 3.67. The van der Waals surface area contributed by atoms with Crippen molar-refractivity contribution in [3.8, 4) is 0 Å². The molecule has 2 atom stereocenters. The van der Waals surface area contributed by atoms with Crippen LogP contribution < -0.4 is 5.32 Å². The van der Waals surface area contributed by atoms with Crippen molar-refractivity contribution in [2.45, 2.75) is 18.9 Å². The fourth-order valence-corrected chi connectivity index (χ4v) is 1.33. The van der Waals surface area contributed by atoms with Gasteiger partial charge >= 0.3 is 5.97 Å². The highest BCUT2D eigenvalue weighted by Crippen LogP contribution is 2.44. The summed E-state index contributed by atoms with van der Waals surface area (Å²) < 4.78 is 0. The lowest BCUT2D eigenvalue weighted by molar-refractivity contribution is -0.143. The Bertz CT molecular complexity index is 249. The lowest BCUT2D eigenvalue weighted by Crippen LogP contribution is -2.43. The molecule has 4 nitrogen and oxygen atoms in total. The van der Waals surface area contributed by atoms with Crippen LogP contribution in [-0.2, 0) is 9.59 Å². The first-order chi connectivity index (χ1) is 5.53. The van der Waals surface area contributed by atoms with Gasteiger partial charge in [-0.15, -0.1) is 6.58 Å². The summed E-state index contributed by atoms with van der Waals surface area (Å²) in [6, 6.07) is 0. The third-order valence-corrected chi connectivity index (χ3v) is 2.08. The molecule has 0 aromatic heterocycles. The van der Waals surface area contributed by atoms with Crippen LogP contribution in [0.5, 0.6) is 0 Å². The number of hydrogen-bond acceptors (Lipinski definition) is 2. The Kier molecular flexibility index (Phi) is 1.92. The maximum atomic E-state index is 10.7. The Hall–Kier alpha value is -1.32. The van der Waals surface area contributed by atoms with E-state index in [1.54, 1.807) is 6.08 Å². The van der Waals surface area contributed by atoms with E-state index in [0.29, 0.717) is 6.42 Å². The van der Waals surface area contributed by atoms with Crippen LogP contribution in [-0.4, -0.2) is 22.5 Å². The summed E-state index contributed by atoms with van der Waals surface area (Å²) >= 11 is 0. The molecule has 0 bridgehead atoms. The van der Waals surface area contributed by atoms with Gasteiger partial charge in [0.15, 0.2) is 0 Å². The lowest BCUT2D eigenvalue weighted by atomic mass is 10.2. The van der Waals surface area contributed by atoms with E-state index in [1.165, 1.54) is 6.92 Å². The van der Waals surface area contributed by atoms with E-state index in [-0.39, 0.29) is 11.8 Å². The van der Waals surface area contributed by atoms with Gasteiger partial charge in [0.05, 0.1) is 0 Å². The topological polar surface area (TPSA) is 66.4 Å². The average Bonchev–Trinajstić information content (AvgIpc) is 2.62. The van der Waals surface area contributed by atoms with Gasteiger partial charge in [-0.1, -0.05) is 6.08 Å². The standard InChI is InChI=1S/C8H11NO3/c1-3-6-4-8(6,7(11)12)9-5(2)10/h3,6H,1,4H2,2H3,(H,9,10)(H,11,12)/t6-,8-/m1/s1. The molecule has 0 spiro atoms. The van der Waals surface area contributed by atoms with E-state index in [2.05, 4.69) is 11.9 Å². The minimum absolute atomic E-state index is 0.126. The maximum absolute atomic E-state index is 10.7. The van der Waals surface area contributed by atoms with Crippen molar-refractivity contribution in [1.29, 1.82) is 0 Å². The van der Waals surface area contributed by atoms with Gasteiger partial charge in [-0.25, -0.2) is 4.79 Å². The van der Waals surface area contributed by atoms with Crippen LogP contribution in [0.4, 0.5) is 0 Å². The Labute approximate surface area is 70.3 Å². The summed E-state index contributed by atoms with van der Waals surface area (Å²) in [5.41, 5.74) is -1.06. The summed E-state index contributed by atoms with van der Waals surface area (Å²) in [7, 11) is 0. The van der Waals surface area contributed by atoms with Crippen molar-refractivity contribution >= 4 is 11.9 Å². The normalized spacial score (nSPS) is 32.2. The number of rotatable bonds is 3. The highest BCUT2D eigenvalue weighted by molar-refractivity contribution is 5.89. The molecule has 0 aliphatic heterocycles. The fourth-order valence-electron chi connectivity index (χ4n) is 1.33. The van der Waals surface area contributed by atoms with Crippen LogP contribution in [0.25, 0.3) is 0 Å². The summed E-state index contributed by atoms with van der Waals surface area (Å²) in [6.07, 6.45) is 2.01. The molecule has 1 rings (SSSR count). The maximum Gasteiger partial charge on any atom is 0.330 e. The van der Waals surface area contributed by atoms with E-state index in [0.717, 1.165) is 0 Å². The zero-order valence-electron chi connectivity index (χ0n) is 6.83. The minimum Gasteiger partial charge on any atom is -0.479 e. The van der Waals surface area contributed by atoms with Gasteiger partial charge in [-0.05, 0) is 6.42 Å². The first-order valence-corrected chi connectivity index (χ1v) is 3.67. The summed E-state index contributed by atoms with van der Waals surface area (Å²) in [5, 5.41) is 11.2. The Balaban J connectivity index is 2.71. The predicted octanol–water partition coefficient (Wildman–Crippen LogP) is 0.152. The van der Waals surface area contributed by atoms with Gasteiger partial charge in [0, 0.05) is 12.8 Å². The number of aliphatic carboxylic acids is 1. The third kappa shape index (κ3) is 1.20. The van der Waals surface area contributed by atoms with Crippen LogP contribution in [0.2, 0.25) is 0 Å². The summed E-state index contributed by atoms with van der Waals surface area (Å²) in [5.74, 6) is -1.43. The van der Waals surface area contributed by atoms with Crippen molar-refractivity contribution in [1.82, 2.24) is 5.32 Å². The third-order valence-electron chi connectivity index (χ3n) is 2.08. The number of carboxylic acid groups (broad SMARTS) is 1. The SMILES string of the molecule is C=C[C@@H]1C[C@]1(NC(C)=O)C(=O)O. The molecule has 0 aromatic rings. The molecule has 1 aliphatic rings. The molecular weight excluding hydrogens is 158 g/mol. The smallest absolute Gasteiger partial charge is 0.330 e. The van der Waals surface area contributed by atoms with E-state index in [9.17, 15) is 9.59 Å². The Morgan fingerprint density at radius 1 is 1.75 bits per heavy atom. The van der Waals surface area contributed by atoms with Gasteiger partial charge in [0.25, 0.3) is 0 Å². The van der Waals surface area contributed by atoms with Crippen molar-refractivity contribution in [3.05, 3.63) is 12.7 Å². The van der Waals surface area contributed by atoms with Crippen molar-refractivity contribution in [3.63, 3.8) is 0 Å². The van der Waals surface area contributed by atoms with Crippen LogP contribution in [0.3, 0.4) is 0 Å². The molecule has 1 fully saturated rings. The van der Waals surface area contributed by atoms with Crippen LogP contribution >= 0.6 is 0 Å². The monoisotopic (exact) mass is 169 g/mol. The molecule has 1 aliphatic carbocycles. The molecule has 0 radical (unpaired) electrons. The molecule has 0 heterocycles. The number of carbonyl (C=O) groups is 2. The molecule has 2 N–H and O–H groups in total. The molecule has 0 saturated heterocycles. The highest BCUT2D eigenvalue weighted by atomic mass is 16.4. The lowest BCUT2D eigenvalue weighted by Gasteiger charge is -2.11. The molecule has 1 amide bonds. The quantitative estimate of drug-likeness (QED) is 0.591. The molecule has 0 unspecified atom stereocenters. The van der Waals surface area contributed by atoms with Crippen molar-refractivity contribution in [2.24, 2.45) is 5.92 Å². The van der Waals surface area contributed by atoms with E-state index in [4.69, 9.17) is 5.11 Å². The number of carboxylic acids is 1. The van der Waals surface area contributed by atoms with Gasteiger partial charge in [0.2, 0.25) is 5.91 Å². The predicted molar refractivity (Wildman–Crippen MR) is 42.5 cm³/mol. The highest BCUT2D eigenvalue weighted by Gasteiger charge is 2.59. The Morgan fingerprint density at radius 2 is 2.33 bits per heavy atom. The summed E-state index contributed by atoms with van der Waals surface area (Å²) in [6.45, 7) is 4.80. The van der Waals surface area contributed by atoms with Gasteiger partial charge in [0.1, 0.15) is 5.54 Å². The minimum atomic E-state index is -1.06. The molecule has 66 valence electrons. The van der Waals surface area contributed by atoms with Crippen LogP contribution in [0.15, 0.2) is 12.7 Å². The van der Waals surface area contributed by atoms with Crippen molar-refractivity contribution in [2.75, 3.05) is 0 Å². The zero-order chi connectivity index (χ0) is 9.35. The Morgan fingerprint density at radius 3 is 2.58 bits per heavy atom. The van der Waals surface area contributed by atoms with Gasteiger partial charge in [-0.2, -0.15) is 0 Å². The second-order valence-electron chi connectivity index (χ2n) is 3.00. The van der Waals surface area contributed by atoms with E-state index >= 15 is 0 Å². The zero-order valence-corrected chi connectivity index (χ0v) is 6.83.